The molecular formula is C11H17NO3S. The van der Waals surface area contributed by atoms with Crippen molar-refractivity contribution >= 4 is 9.84 Å². The molecule has 0 bridgehead atoms. The standard InChI is InChI=1S/C11H17NO3S/c1-15-10-8-9(4-3-7-12)5-6-11(10)16(2,13)14/h5-6,8H,3-4,7,12H2,1-2H3. The van der Waals surface area contributed by atoms with Crippen molar-refractivity contribution in [3.8, 4) is 5.75 Å². The summed E-state index contributed by atoms with van der Waals surface area (Å²) in [5.41, 5.74) is 6.46. The second-order valence-corrected chi connectivity index (χ2v) is 5.63. The molecule has 1 aromatic carbocycles. The third-order valence-electron chi connectivity index (χ3n) is 2.30. The number of hydrogen-bond donors (Lipinski definition) is 1. The number of benzene rings is 1. The zero-order chi connectivity index (χ0) is 12.2. The normalized spacial score (nSPS) is 11.4. The van der Waals surface area contributed by atoms with Gasteiger partial charge in [0, 0.05) is 6.26 Å². The van der Waals surface area contributed by atoms with E-state index < -0.39 is 9.84 Å². The smallest absolute Gasteiger partial charge is 0.179 e. The van der Waals surface area contributed by atoms with E-state index in [2.05, 4.69) is 0 Å². The summed E-state index contributed by atoms with van der Waals surface area (Å²) in [6.07, 6.45) is 2.88. The molecule has 0 amide bonds. The average Bonchev–Trinajstić information content (AvgIpc) is 2.24. The van der Waals surface area contributed by atoms with Gasteiger partial charge in [-0.1, -0.05) is 6.07 Å². The zero-order valence-electron chi connectivity index (χ0n) is 9.56. The molecule has 4 nitrogen and oxygen atoms in total. The molecule has 0 heterocycles. The van der Waals surface area contributed by atoms with E-state index in [-0.39, 0.29) is 4.90 Å². The minimum Gasteiger partial charge on any atom is -0.495 e. The minimum atomic E-state index is -3.23. The van der Waals surface area contributed by atoms with Crippen LogP contribution in [0, 0.1) is 0 Å². The number of nitrogens with two attached hydrogens (primary N) is 1. The zero-order valence-corrected chi connectivity index (χ0v) is 10.4. The molecule has 1 aromatic rings. The van der Waals surface area contributed by atoms with E-state index >= 15 is 0 Å². The lowest BCUT2D eigenvalue weighted by atomic mass is 10.1. The molecule has 16 heavy (non-hydrogen) atoms. The van der Waals surface area contributed by atoms with Crippen LogP contribution in [-0.2, 0) is 16.3 Å². The number of aryl methyl sites for hydroxylation is 1. The van der Waals surface area contributed by atoms with Crippen molar-refractivity contribution in [1.82, 2.24) is 0 Å². The number of sulfone groups is 1. The second-order valence-electron chi connectivity index (χ2n) is 3.65. The van der Waals surface area contributed by atoms with Crippen LogP contribution in [0.5, 0.6) is 5.75 Å². The summed E-state index contributed by atoms with van der Waals surface area (Å²) < 4.78 is 28.0. The van der Waals surface area contributed by atoms with E-state index in [1.807, 2.05) is 0 Å². The van der Waals surface area contributed by atoms with Gasteiger partial charge in [0.15, 0.2) is 9.84 Å². The summed E-state index contributed by atoms with van der Waals surface area (Å²) in [6.45, 7) is 0.621. The van der Waals surface area contributed by atoms with Gasteiger partial charge in [-0.2, -0.15) is 0 Å². The van der Waals surface area contributed by atoms with Crippen LogP contribution in [0.3, 0.4) is 0 Å². The summed E-state index contributed by atoms with van der Waals surface area (Å²) in [5.74, 6) is 0.400. The summed E-state index contributed by atoms with van der Waals surface area (Å²) in [5, 5.41) is 0. The molecule has 0 aliphatic carbocycles. The molecule has 0 fully saturated rings. The number of ether oxygens (including phenoxy) is 1. The van der Waals surface area contributed by atoms with Crippen molar-refractivity contribution in [3.05, 3.63) is 23.8 Å². The SMILES string of the molecule is COc1cc(CCCN)ccc1S(C)(=O)=O. The van der Waals surface area contributed by atoms with Gasteiger partial charge in [0.05, 0.1) is 7.11 Å². The number of rotatable bonds is 5. The largest absolute Gasteiger partial charge is 0.495 e. The van der Waals surface area contributed by atoms with Crippen molar-refractivity contribution < 1.29 is 13.2 Å². The molecule has 0 saturated carbocycles. The Labute approximate surface area is 96.3 Å². The van der Waals surface area contributed by atoms with Crippen molar-refractivity contribution in [2.24, 2.45) is 5.73 Å². The van der Waals surface area contributed by atoms with Gasteiger partial charge in [-0.15, -0.1) is 0 Å². The Morgan fingerprint density at radius 3 is 2.56 bits per heavy atom. The Kier molecular flexibility index (Phi) is 4.32. The lowest BCUT2D eigenvalue weighted by molar-refractivity contribution is 0.402. The molecule has 0 spiro atoms. The van der Waals surface area contributed by atoms with Crippen molar-refractivity contribution in [1.29, 1.82) is 0 Å². The average molecular weight is 243 g/mol. The van der Waals surface area contributed by atoms with Crippen LogP contribution >= 0.6 is 0 Å². The highest BCUT2D eigenvalue weighted by Crippen LogP contribution is 2.25. The molecule has 0 aromatic heterocycles. The van der Waals surface area contributed by atoms with Gasteiger partial charge in [0.2, 0.25) is 0 Å². The molecule has 5 heteroatoms. The minimum absolute atomic E-state index is 0.228. The first kappa shape index (κ1) is 13.0. The van der Waals surface area contributed by atoms with E-state index in [0.717, 1.165) is 18.4 Å². The second kappa shape index (κ2) is 5.32. The maximum Gasteiger partial charge on any atom is 0.179 e. The van der Waals surface area contributed by atoms with Crippen LogP contribution in [-0.4, -0.2) is 28.3 Å². The first-order valence-corrected chi connectivity index (χ1v) is 6.95. The van der Waals surface area contributed by atoms with Crippen molar-refractivity contribution in [2.45, 2.75) is 17.7 Å². The monoisotopic (exact) mass is 243 g/mol. The first-order valence-electron chi connectivity index (χ1n) is 5.06. The maximum atomic E-state index is 11.4. The van der Waals surface area contributed by atoms with Crippen LogP contribution in [0.15, 0.2) is 23.1 Å². The molecule has 0 saturated heterocycles. The van der Waals surface area contributed by atoms with Gasteiger partial charge in [-0.25, -0.2) is 8.42 Å². The quantitative estimate of drug-likeness (QED) is 0.837. The van der Waals surface area contributed by atoms with Crippen LogP contribution in [0.2, 0.25) is 0 Å². The molecule has 0 atom stereocenters. The van der Waals surface area contributed by atoms with Gasteiger partial charge >= 0.3 is 0 Å². The van der Waals surface area contributed by atoms with E-state index in [9.17, 15) is 8.42 Å². The summed E-state index contributed by atoms with van der Waals surface area (Å²) in [6, 6.07) is 5.14. The summed E-state index contributed by atoms with van der Waals surface area (Å²) in [7, 11) is -1.76. The molecule has 1 rings (SSSR count). The fourth-order valence-corrected chi connectivity index (χ4v) is 2.30. The van der Waals surface area contributed by atoms with Gasteiger partial charge in [0.1, 0.15) is 10.6 Å². The third-order valence-corrected chi connectivity index (χ3v) is 3.43. The molecule has 0 aliphatic rings. The Morgan fingerprint density at radius 2 is 2.06 bits per heavy atom. The first-order chi connectivity index (χ1) is 7.49. The molecule has 0 unspecified atom stereocenters. The number of hydrogen-bond acceptors (Lipinski definition) is 4. The van der Waals surface area contributed by atoms with Crippen LogP contribution in [0.4, 0.5) is 0 Å². The summed E-state index contributed by atoms with van der Waals surface area (Å²) >= 11 is 0. The van der Waals surface area contributed by atoms with E-state index in [1.165, 1.54) is 13.4 Å². The van der Waals surface area contributed by atoms with Gasteiger partial charge in [-0.05, 0) is 37.1 Å². The molecule has 2 N–H and O–H groups in total. The van der Waals surface area contributed by atoms with E-state index in [1.54, 1.807) is 18.2 Å². The van der Waals surface area contributed by atoms with E-state index in [0.29, 0.717) is 12.3 Å². The molecule has 0 aliphatic heterocycles. The molecule has 0 radical (unpaired) electrons. The Hall–Kier alpha value is -1.07. The molecule has 90 valence electrons. The predicted molar refractivity (Wildman–Crippen MR) is 63.5 cm³/mol. The predicted octanol–water partition coefficient (Wildman–Crippen LogP) is 0.990. The highest BCUT2D eigenvalue weighted by molar-refractivity contribution is 7.90. The van der Waals surface area contributed by atoms with Crippen LogP contribution in [0.25, 0.3) is 0 Å². The Bertz CT molecular complexity index is 454. The van der Waals surface area contributed by atoms with Crippen LogP contribution in [0.1, 0.15) is 12.0 Å². The fourth-order valence-electron chi connectivity index (χ4n) is 1.48. The maximum absolute atomic E-state index is 11.4. The van der Waals surface area contributed by atoms with Gasteiger partial charge in [-0.3, -0.25) is 0 Å². The third kappa shape index (κ3) is 3.21. The summed E-state index contributed by atoms with van der Waals surface area (Å²) in [4.78, 5) is 0.228. The Balaban J connectivity index is 3.07. The fraction of sp³-hybridized carbons (Fsp3) is 0.455. The lowest BCUT2D eigenvalue weighted by Gasteiger charge is -2.09. The van der Waals surface area contributed by atoms with Gasteiger partial charge in [0.25, 0.3) is 0 Å². The topological polar surface area (TPSA) is 69.4 Å². The van der Waals surface area contributed by atoms with E-state index in [4.69, 9.17) is 10.5 Å². The van der Waals surface area contributed by atoms with Gasteiger partial charge < -0.3 is 10.5 Å². The van der Waals surface area contributed by atoms with Crippen molar-refractivity contribution in [2.75, 3.05) is 19.9 Å². The molecular weight excluding hydrogens is 226 g/mol. The lowest BCUT2D eigenvalue weighted by Crippen LogP contribution is -2.03. The van der Waals surface area contributed by atoms with Crippen LogP contribution < -0.4 is 10.5 Å². The highest BCUT2D eigenvalue weighted by atomic mass is 32.2. The Morgan fingerprint density at radius 1 is 1.38 bits per heavy atom. The number of methoxy groups -OCH3 is 1. The highest BCUT2D eigenvalue weighted by Gasteiger charge is 2.14. The van der Waals surface area contributed by atoms with Crippen molar-refractivity contribution in [3.63, 3.8) is 0 Å².